The number of piperidine rings is 1. The zero-order valence-electron chi connectivity index (χ0n) is 16.6. The Labute approximate surface area is 163 Å². The van der Waals surface area contributed by atoms with Crippen LogP contribution in [0.2, 0.25) is 0 Å². The normalized spacial score (nSPS) is 21.8. The molecule has 4 rings (SSSR count). The Balaban J connectivity index is 1.73. The molecule has 0 amide bonds. The highest BCUT2D eigenvalue weighted by Gasteiger charge is 2.45. The smallest absolute Gasteiger partial charge is 0.354 e. The number of aromatic amines is 1. The molecule has 2 aliphatic rings. The Bertz CT molecular complexity index is 992. The van der Waals surface area contributed by atoms with Crippen molar-refractivity contribution < 1.29 is 9.90 Å². The number of hydrogen-bond donors (Lipinski definition) is 2. The fraction of sp³-hybridized carbons (Fsp3) is 0.524. The summed E-state index contributed by atoms with van der Waals surface area (Å²) in [6.07, 6.45) is 5.16. The summed E-state index contributed by atoms with van der Waals surface area (Å²) < 4.78 is 0. The van der Waals surface area contributed by atoms with Crippen LogP contribution in [0.5, 0.6) is 0 Å². The molecule has 1 aliphatic heterocycles. The van der Waals surface area contributed by atoms with Crippen molar-refractivity contribution in [2.24, 2.45) is 0 Å². The molecule has 1 fully saturated rings. The van der Waals surface area contributed by atoms with Crippen LogP contribution in [0, 0.1) is 0 Å². The van der Waals surface area contributed by atoms with Gasteiger partial charge in [-0.15, -0.1) is 0 Å². The lowest BCUT2D eigenvalue weighted by atomic mass is 9.77. The second-order valence-corrected chi connectivity index (χ2v) is 9.00. The summed E-state index contributed by atoms with van der Waals surface area (Å²) in [5, 5.41) is 9.25. The lowest BCUT2D eigenvalue weighted by Gasteiger charge is -2.42. The number of carboxylic acids is 1. The number of nitrogens with one attached hydrogen (secondary N) is 1. The second kappa shape index (κ2) is 6.43. The van der Waals surface area contributed by atoms with Crippen LogP contribution in [0.15, 0.2) is 23.1 Å². The average molecular weight is 382 g/mol. The summed E-state index contributed by atoms with van der Waals surface area (Å²) in [5.74, 6) is -0.297. The van der Waals surface area contributed by atoms with Crippen molar-refractivity contribution in [3.63, 3.8) is 0 Å². The number of anilines is 1. The third-order valence-electron chi connectivity index (χ3n) is 5.99. The Hall–Kier alpha value is -2.70. The Morgan fingerprint density at radius 1 is 1.32 bits per heavy atom. The van der Waals surface area contributed by atoms with E-state index in [1.165, 1.54) is 0 Å². The van der Waals surface area contributed by atoms with Gasteiger partial charge in [-0.1, -0.05) is 20.8 Å². The number of carbonyl (C=O) groups is 1. The molecule has 148 valence electrons. The number of rotatable bonds is 2. The molecule has 1 aliphatic carbocycles. The molecule has 2 aromatic rings. The predicted molar refractivity (Wildman–Crippen MR) is 106 cm³/mol. The molecule has 1 spiro atoms. The zero-order valence-corrected chi connectivity index (χ0v) is 16.6. The van der Waals surface area contributed by atoms with Gasteiger partial charge in [-0.05, 0) is 37.8 Å². The van der Waals surface area contributed by atoms with E-state index >= 15 is 0 Å². The molecule has 0 aromatic carbocycles. The third kappa shape index (κ3) is 3.08. The summed E-state index contributed by atoms with van der Waals surface area (Å²) in [5.41, 5.74) is 2.27. The van der Waals surface area contributed by atoms with E-state index in [-0.39, 0.29) is 22.1 Å². The fourth-order valence-corrected chi connectivity index (χ4v) is 4.49. The Morgan fingerprint density at radius 3 is 2.82 bits per heavy atom. The first kappa shape index (κ1) is 18.7. The first-order chi connectivity index (χ1) is 13.2. The maximum atomic E-state index is 12.7. The van der Waals surface area contributed by atoms with Crippen molar-refractivity contribution in [3.05, 3.63) is 51.5 Å². The van der Waals surface area contributed by atoms with Crippen molar-refractivity contribution >= 4 is 11.7 Å². The van der Waals surface area contributed by atoms with Gasteiger partial charge < -0.3 is 15.0 Å². The number of H-pyrrole nitrogens is 1. The van der Waals surface area contributed by atoms with E-state index in [0.717, 1.165) is 61.5 Å². The van der Waals surface area contributed by atoms with Crippen LogP contribution in [-0.2, 0) is 17.3 Å². The highest BCUT2D eigenvalue weighted by molar-refractivity contribution is 5.86. The van der Waals surface area contributed by atoms with Crippen molar-refractivity contribution in [2.75, 3.05) is 18.0 Å². The van der Waals surface area contributed by atoms with Gasteiger partial charge in [-0.2, -0.15) is 0 Å². The number of carboxylic acid groups (broad SMARTS) is 1. The number of fused-ring (bicyclic) bond motifs is 2. The minimum atomic E-state index is -1.03. The van der Waals surface area contributed by atoms with E-state index in [1.54, 1.807) is 12.3 Å². The van der Waals surface area contributed by atoms with Crippen molar-refractivity contribution in [1.29, 1.82) is 0 Å². The minimum Gasteiger partial charge on any atom is -0.477 e. The van der Waals surface area contributed by atoms with E-state index in [2.05, 4.69) is 35.6 Å². The van der Waals surface area contributed by atoms with Gasteiger partial charge in [0.15, 0.2) is 0 Å². The van der Waals surface area contributed by atoms with Crippen molar-refractivity contribution in [1.82, 2.24) is 15.0 Å². The first-order valence-electron chi connectivity index (χ1n) is 9.78. The summed E-state index contributed by atoms with van der Waals surface area (Å²) in [6, 6.07) is 3.48. The molecule has 1 unspecified atom stereocenters. The van der Waals surface area contributed by atoms with Gasteiger partial charge in [-0.25, -0.2) is 14.8 Å². The number of aromatic carboxylic acids is 1. The van der Waals surface area contributed by atoms with Gasteiger partial charge in [0.25, 0.3) is 5.56 Å². The lowest BCUT2D eigenvalue weighted by Crippen LogP contribution is -2.46. The van der Waals surface area contributed by atoms with Gasteiger partial charge in [-0.3, -0.25) is 4.79 Å². The van der Waals surface area contributed by atoms with Gasteiger partial charge in [0.2, 0.25) is 0 Å². The first-order valence-corrected chi connectivity index (χ1v) is 9.78. The Morgan fingerprint density at radius 2 is 2.11 bits per heavy atom. The average Bonchev–Trinajstić information content (AvgIpc) is 3.00. The minimum absolute atomic E-state index is 0.0130. The molecular weight excluding hydrogens is 356 g/mol. The summed E-state index contributed by atoms with van der Waals surface area (Å²) in [6.45, 7) is 7.75. The standard InChI is InChI=1S/C21H26N4O3/c1-20(2,3)19-23-16-14(17(26)24-19)5-8-21(16)7-4-10-25(12-21)13-6-9-22-15(11-13)18(27)28/h6,9,11H,4-5,7-8,10,12H2,1-3H3,(H,27,28)(H,23,24,26). The monoisotopic (exact) mass is 382 g/mol. The quantitative estimate of drug-likeness (QED) is 0.828. The van der Waals surface area contributed by atoms with Gasteiger partial charge in [0, 0.05) is 41.4 Å². The molecule has 0 saturated carbocycles. The molecular formula is C21H26N4O3. The van der Waals surface area contributed by atoms with Crippen LogP contribution in [0.3, 0.4) is 0 Å². The zero-order chi connectivity index (χ0) is 20.1. The topological polar surface area (TPSA) is 99.2 Å². The second-order valence-electron chi connectivity index (χ2n) is 9.00. The largest absolute Gasteiger partial charge is 0.477 e. The number of hydrogen-bond acceptors (Lipinski definition) is 5. The number of pyridine rings is 1. The van der Waals surface area contributed by atoms with Gasteiger partial charge >= 0.3 is 5.97 Å². The SMILES string of the molecule is CC(C)(C)c1nc2c(c(=O)[nH]1)CCC21CCCN(c2ccnc(C(=O)O)c2)C1. The van der Waals surface area contributed by atoms with Gasteiger partial charge in [0.05, 0.1) is 5.69 Å². The molecule has 7 heteroatoms. The fourth-order valence-electron chi connectivity index (χ4n) is 4.49. The van der Waals surface area contributed by atoms with E-state index in [0.29, 0.717) is 0 Å². The maximum Gasteiger partial charge on any atom is 0.354 e. The lowest BCUT2D eigenvalue weighted by molar-refractivity contribution is 0.0690. The molecule has 2 N–H and O–H groups in total. The number of aromatic nitrogens is 3. The van der Waals surface area contributed by atoms with Crippen LogP contribution < -0.4 is 10.5 Å². The van der Waals surface area contributed by atoms with Crippen molar-refractivity contribution in [3.8, 4) is 0 Å². The van der Waals surface area contributed by atoms with Crippen LogP contribution in [0.4, 0.5) is 5.69 Å². The third-order valence-corrected chi connectivity index (χ3v) is 5.99. The molecule has 2 aromatic heterocycles. The van der Waals surface area contributed by atoms with Gasteiger partial charge in [0.1, 0.15) is 11.5 Å². The maximum absolute atomic E-state index is 12.7. The molecule has 1 atom stereocenters. The number of nitrogens with zero attached hydrogens (tertiary/aromatic N) is 3. The van der Waals surface area contributed by atoms with Crippen LogP contribution >= 0.6 is 0 Å². The molecule has 3 heterocycles. The van der Waals surface area contributed by atoms with E-state index in [1.807, 2.05) is 6.07 Å². The Kier molecular flexibility index (Phi) is 4.28. The summed E-state index contributed by atoms with van der Waals surface area (Å²) in [7, 11) is 0. The summed E-state index contributed by atoms with van der Waals surface area (Å²) in [4.78, 5) is 38.0. The molecule has 0 bridgehead atoms. The van der Waals surface area contributed by atoms with E-state index < -0.39 is 5.97 Å². The molecule has 0 radical (unpaired) electrons. The van der Waals surface area contributed by atoms with E-state index in [9.17, 15) is 14.7 Å². The predicted octanol–water partition coefficient (Wildman–Crippen LogP) is 2.65. The van der Waals surface area contributed by atoms with Crippen LogP contribution in [0.1, 0.15) is 67.6 Å². The molecule has 28 heavy (non-hydrogen) atoms. The molecule has 7 nitrogen and oxygen atoms in total. The van der Waals surface area contributed by atoms with Crippen LogP contribution in [-0.4, -0.2) is 39.1 Å². The molecule has 1 saturated heterocycles. The highest BCUT2D eigenvalue weighted by Crippen LogP contribution is 2.44. The summed E-state index contributed by atoms with van der Waals surface area (Å²) >= 11 is 0. The van der Waals surface area contributed by atoms with Crippen LogP contribution in [0.25, 0.3) is 0 Å². The van der Waals surface area contributed by atoms with Crippen molar-refractivity contribution in [2.45, 2.75) is 57.3 Å². The van der Waals surface area contributed by atoms with E-state index in [4.69, 9.17) is 4.98 Å². The highest BCUT2D eigenvalue weighted by atomic mass is 16.4.